The molecule has 3 aromatic heterocycles. The number of benzene rings is 1. The summed E-state index contributed by atoms with van der Waals surface area (Å²) < 4.78 is 0. The predicted octanol–water partition coefficient (Wildman–Crippen LogP) is 4.42. The molecule has 3 fully saturated rings. The number of hydrogen-bond acceptors (Lipinski definition) is 7. The van der Waals surface area contributed by atoms with Crippen molar-refractivity contribution in [3.63, 3.8) is 0 Å². The Morgan fingerprint density at radius 1 is 1.02 bits per heavy atom. The fourth-order valence-corrected chi connectivity index (χ4v) is 6.94. The molecule has 1 amide bonds. The third-order valence-electron chi connectivity index (χ3n) is 9.19. The predicted molar refractivity (Wildman–Crippen MR) is 155 cm³/mol. The highest BCUT2D eigenvalue weighted by Gasteiger charge is 2.39. The first-order valence-corrected chi connectivity index (χ1v) is 14.4. The molecule has 3 aliphatic heterocycles. The van der Waals surface area contributed by atoms with Gasteiger partial charge >= 0.3 is 0 Å². The molecule has 3 unspecified atom stereocenters. The van der Waals surface area contributed by atoms with Crippen LogP contribution in [0.15, 0.2) is 47.7 Å². The van der Waals surface area contributed by atoms with E-state index >= 15 is 0 Å². The van der Waals surface area contributed by atoms with Crippen LogP contribution in [0.3, 0.4) is 0 Å². The number of nitrogens with two attached hydrogens (primary N) is 1. The van der Waals surface area contributed by atoms with Gasteiger partial charge in [-0.3, -0.25) is 9.78 Å². The summed E-state index contributed by atoms with van der Waals surface area (Å²) in [7, 11) is 0. The number of nitrogens with zero attached hydrogens (tertiary/aromatic N) is 5. The van der Waals surface area contributed by atoms with Crippen LogP contribution in [0.25, 0.3) is 22.2 Å². The molecule has 4 aromatic rings. The van der Waals surface area contributed by atoms with Gasteiger partial charge < -0.3 is 20.9 Å². The Hall–Kier alpha value is -4.11. The van der Waals surface area contributed by atoms with E-state index in [1.54, 1.807) is 12.1 Å². The van der Waals surface area contributed by atoms with Gasteiger partial charge in [0.25, 0.3) is 0 Å². The summed E-state index contributed by atoms with van der Waals surface area (Å²) in [4.78, 5) is 37.5. The number of anilines is 1. The second kappa shape index (κ2) is 9.23. The fourth-order valence-electron chi connectivity index (χ4n) is 6.94. The van der Waals surface area contributed by atoms with Crippen LogP contribution in [-0.4, -0.2) is 57.7 Å². The molecular weight excluding hydrogens is 500 g/mol. The molecule has 0 radical (unpaired) electrons. The number of H-pyrrole nitrogens is 1. The summed E-state index contributed by atoms with van der Waals surface area (Å²) >= 11 is 0. The second-order valence-electron chi connectivity index (χ2n) is 11.6. The third kappa shape index (κ3) is 3.91. The van der Waals surface area contributed by atoms with Crippen LogP contribution in [0.5, 0.6) is 0 Å². The van der Waals surface area contributed by atoms with Crippen molar-refractivity contribution in [2.24, 2.45) is 16.6 Å². The maximum absolute atomic E-state index is 11.5. The number of hydrogen-bond donors (Lipinski definition) is 3. The molecule has 0 bridgehead atoms. The maximum atomic E-state index is 11.5. The molecule has 4 N–H and O–H groups in total. The van der Waals surface area contributed by atoms with Crippen molar-refractivity contribution < 1.29 is 4.79 Å². The Morgan fingerprint density at radius 3 is 2.73 bits per heavy atom. The first-order valence-electron chi connectivity index (χ1n) is 14.4. The number of rotatable bonds is 5. The van der Waals surface area contributed by atoms with Gasteiger partial charge in [-0.2, -0.15) is 0 Å². The summed E-state index contributed by atoms with van der Waals surface area (Å²) in [5.74, 6) is 3.55. The van der Waals surface area contributed by atoms with Gasteiger partial charge in [-0.05, 0) is 86.4 Å². The van der Waals surface area contributed by atoms with Crippen molar-refractivity contribution in [3.05, 3.63) is 65.2 Å². The number of aromatic amines is 1. The molecule has 9 heteroatoms. The largest absolute Gasteiger partial charge is 0.366 e. The number of nitrogens with one attached hydrogen (secondary N) is 2. The summed E-state index contributed by atoms with van der Waals surface area (Å²) in [6.45, 7) is 3.17. The fraction of sp³-hybridized carbons (Fsp3) is 0.387. The molecule has 0 spiro atoms. The molecule has 40 heavy (non-hydrogen) atoms. The zero-order valence-electron chi connectivity index (χ0n) is 22.3. The van der Waals surface area contributed by atoms with Gasteiger partial charge in [0.15, 0.2) is 0 Å². The van der Waals surface area contributed by atoms with Gasteiger partial charge in [-0.1, -0.05) is 12.1 Å². The Kier molecular flexibility index (Phi) is 5.48. The normalized spacial score (nSPS) is 23.8. The quantitative estimate of drug-likeness (QED) is 0.349. The second-order valence-corrected chi connectivity index (χ2v) is 11.6. The average Bonchev–Trinajstić information content (AvgIpc) is 3.59. The number of carbonyl (C=O) groups excluding carboxylic acids is 1. The molecule has 9 nitrogen and oxygen atoms in total. The SMILES string of the molecule is NC(=O)c1ccc(-c2cc3c([nH]2)N=CCC3c2nc(N3CCC4CNCCC43)c3c(C4CC4)cncc3n2)cc1. The molecule has 1 aromatic carbocycles. The zero-order valence-corrected chi connectivity index (χ0v) is 22.3. The van der Waals surface area contributed by atoms with Gasteiger partial charge in [-0.25, -0.2) is 15.0 Å². The highest BCUT2D eigenvalue weighted by Crippen LogP contribution is 2.47. The molecule has 3 atom stereocenters. The van der Waals surface area contributed by atoms with Gasteiger partial charge in [-0.15, -0.1) is 0 Å². The van der Waals surface area contributed by atoms with Gasteiger partial charge in [0.1, 0.15) is 17.5 Å². The number of aromatic nitrogens is 4. The van der Waals surface area contributed by atoms with E-state index in [1.165, 1.54) is 30.2 Å². The van der Waals surface area contributed by atoms with Crippen molar-refractivity contribution in [1.29, 1.82) is 0 Å². The van der Waals surface area contributed by atoms with E-state index in [2.05, 4.69) is 37.4 Å². The molecule has 1 saturated carbocycles. The minimum Gasteiger partial charge on any atom is -0.366 e. The molecule has 6 heterocycles. The third-order valence-corrected chi connectivity index (χ3v) is 9.19. The van der Waals surface area contributed by atoms with Crippen LogP contribution in [0.1, 0.15) is 71.2 Å². The number of pyridine rings is 1. The van der Waals surface area contributed by atoms with E-state index in [-0.39, 0.29) is 5.92 Å². The van der Waals surface area contributed by atoms with Crippen LogP contribution >= 0.6 is 0 Å². The Balaban J connectivity index is 1.23. The van der Waals surface area contributed by atoms with Crippen LogP contribution in [-0.2, 0) is 0 Å². The Bertz CT molecular complexity index is 1650. The van der Waals surface area contributed by atoms with E-state index in [0.717, 1.165) is 72.3 Å². The standard InChI is InChI=1S/C31H32N8O/c32-28(40)19-5-3-18(4-6-19)24-13-22-21(7-11-35-29(22)36-24)30-37-25-16-34-15-23(17-1-2-17)27(25)31(38-30)39-12-9-20-14-33-10-8-26(20)39/h3-6,11,13,15-17,20-21,26,33,36H,1-2,7-10,12,14H2,(H2,32,40). The average molecular weight is 533 g/mol. The smallest absolute Gasteiger partial charge is 0.248 e. The highest BCUT2D eigenvalue weighted by molar-refractivity contribution is 5.94. The van der Waals surface area contributed by atoms with E-state index in [9.17, 15) is 4.79 Å². The first-order chi connectivity index (χ1) is 19.6. The van der Waals surface area contributed by atoms with Crippen LogP contribution < -0.4 is 16.0 Å². The minimum atomic E-state index is -0.431. The number of primary amides is 1. The van der Waals surface area contributed by atoms with E-state index < -0.39 is 5.91 Å². The van der Waals surface area contributed by atoms with E-state index in [4.69, 9.17) is 15.7 Å². The summed E-state index contributed by atoms with van der Waals surface area (Å²) in [6.07, 6.45) is 11.4. The molecule has 1 aliphatic carbocycles. The van der Waals surface area contributed by atoms with E-state index in [1.807, 2.05) is 24.5 Å². The molecule has 202 valence electrons. The highest BCUT2D eigenvalue weighted by atomic mass is 16.1. The first kappa shape index (κ1) is 23.7. The molecular formula is C31H32N8O. The van der Waals surface area contributed by atoms with Crippen molar-refractivity contribution >= 4 is 34.7 Å². The summed E-state index contributed by atoms with van der Waals surface area (Å²) in [5, 5.41) is 4.80. The lowest BCUT2D eigenvalue weighted by Gasteiger charge is -2.34. The summed E-state index contributed by atoms with van der Waals surface area (Å²) in [5.41, 5.74) is 11.2. The minimum absolute atomic E-state index is 0.0125. The van der Waals surface area contributed by atoms with Gasteiger partial charge in [0.2, 0.25) is 5.91 Å². The Morgan fingerprint density at radius 2 is 1.90 bits per heavy atom. The lowest BCUT2D eigenvalue weighted by molar-refractivity contribution is 0.100. The lowest BCUT2D eigenvalue weighted by Crippen LogP contribution is -2.44. The molecule has 2 saturated heterocycles. The van der Waals surface area contributed by atoms with Crippen molar-refractivity contribution in [1.82, 2.24) is 25.3 Å². The monoisotopic (exact) mass is 532 g/mol. The number of piperidine rings is 1. The van der Waals surface area contributed by atoms with Crippen LogP contribution in [0.4, 0.5) is 11.6 Å². The van der Waals surface area contributed by atoms with Gasteiger partial charge in [0.05, 0.1) is 17.6 Å². The Labute approximate surface area is 232 Å². The molecule has 4 aliphatic rings. The number of aliphatic imine (C=N–C) groups is 1. The molecule has 8 rings (SSSR count). The lowest BCUT2D eigenvalue weighted by atomic mass is 9.93. The van der Waals surface area contributed by atoms with E-state index in [0.29, 0.717) is 23.4 Å². The van der Waals surface area contributed by atoms with Crippen molar-refractivity contribution in [2.75, 3.05) is 24.5 Å². The van der Waals surface area contributed by atoms with Gasteiger partial charge in [0, 0.05) is 47.2 Å². The van der Waals surface area contributed by atoms with Crippen LogP contribution in [0, 0.1) is 5.92 Å². The summed E-state index contributed by atoms with van der Waals surface area (Å²) in [6, 6.07) is 10.00. The van der Waals surface area contributed by atoms with Crippen molar-refractivity contribution in [2.45, 2.75) is 50.0 Å². The maximum Gasteiger partial charge on any atom is 0.248 e. The van der Waals surface area contributed by atoms with Crippen LogP contribution in [0.2, 0.25) is 0 Å². The number of fused-ring (bicyclic) bond motifs is 3. The topological polar surface area (TPSA) is 125 Å². The van der Waals surface area contributed by atoms with Crippen molar-refractivity contribution in [3.8, 4) is 11.3 Å². The number of amides is 1. The number of carbonyl (C=O) groups is 1. The zero-order chi connectivity index (χ0) is 26.8.